The Morgan fingerprint density at radius 2 is 2.26 bits per heavy atom. The van der Waals surface area contributed by atoms with Crippen molar-refractivity contribution >= 4 is 5.97 Å². The highest BCUT2D eigenvalue weighted by molar-refractivity contribution is 5.80. The van der Waals surface area contributed by atoms with E-state index >= 15 is 0 Å². The van der Waals surface area contributed by atoms with Gasteiger partial charge in [-0.05, 0) is 20.8 Å². The van der Waals surface area contributed by atoms with Crippen LogP contribution < -0.4 is 0 Å². The summed E-state index contributed by atoms with van der Waals surface area (Å²) in [5, 5.41) is 3.85. The van der Waals surface area contributed by atoms with Gasteiger partial charge in [0.25, 0.3) is 0 Å². The van der Waals surface area contributed by atoms with E-state index in [1.807, 2.05) is 7.05 Å². The maximum Gasteiger partial charge on any atom is 0.321 e. The van der Waals surface area contributed by atoms with Crippen molar-refractivity contribution in [3.63, 3.8) is 0 Å². The van der Waals surface area contributed by atoms with E-state index in [4.69, 9.17) is 9.26 Å². The van der Waals surface area contributed by atoms with Gasteiger partial charge >= 0.3 is 5.97 Å². The van der Waals surface area contributed by atoms with E-state index < -0.39 is 11.4 Å². The number of carbonyl (C=O) groups excluding carboxylic acids is 1. The fraction of sp³-hybridized carbons (Fsp3) is 0.500. The van der Waals surface area contributed by atoms with Crippen molar-refractivity contribution in [3.8, 4) is 11.6 Å². The summed E-state index contributed by atoms with van der Waals surface area (Å²) in [6.45, 7) is 5.42. The molecule has 0 bridgehead atoms. The summed E-state index contributed by atoms with van der Waals surface area (Å²) in [4.78, 5) is 20.2. The zero-order chi connectivity index (χ0) is 14.0. The first kappa shape index (κ1) is 13.3. The molecule has 2 rings (SSSR count). The van der Waals surface area contributed by atoms with Gasteiger partial charge in [0.1, 0.15) is 5.41 Å². The van der Waals surface area contributed by atoms with E-state index in [0.717, 1.165) is 0 Å². The van der Waals surface area contributed by atoms with E-state index in [9.17, 15) is 4.79 Å². The lowest BCUT2D eigenvalue weighted by Gasteiger charge is -2.16. The molecular formula is C12H16N4O3. The Kier molecular flexibility index (Phi) is 3.37. The highest BCUT2D eigenvalue weighted by atomic mass is 16.5. The van der Waals surface area contributed by atoms with Gasteiger partial charge < -0.3 is 13.8 Å². The minimum absolute atomic E-state index is 0.212. The first-order valence-electron chi connectivity index (χ1n) is 5.96. The van der Waals surface area contributed by atoms with Gasteiger partial charge in [-0.1, -0.05) is 5.16 Å². The van der Waals surface area contributed by atoms with Gasteiger partial charge in [-0.2, -0.15) is 4.98 Å². The molecule has 0 saturated carbocycles. The Bertz CT molecular complexity index is 585. The highest BCUT2D eigenvalue weighted by Crippen LogP contribution is 2.25. The Balaban J connectivity index is 2.31. The molecule has 7 nitrogen and oxygen atoms in total. The van der Waals surface area contributed by atoms with Crippen molar-refractivity contribution in [2.24, 2.45) is 7.05 Å². The molecule has 19 heavy (non-hydrogen) atoms. The summed E-state index contributed by atoms with van der Waals surface area (Å²) in [5.41, 5.74) is -0.980. The van der Waals surface area contributed by atoms with Gasteiger partial charge in [0.2, 0.25) is 11.7 Å². The van der Waals surface area contributed by atoms with Crippen molar-refractivity contribution in [2.45, 2.75) is 26.2 Å². The third-order valence-corrected chi connectivity index (χ3v) is 2.77. The molecule has 0 aliphatic carbocycles. The first-order valence-corrected chi connectivity index (χ1v) is 5.96. The molecule has 0 aliphatic rings. The minimum atomic E-state index is -0.980. The molecule has 0 atom stereocenters. The topological polar surface area (TPSA) is 83.0 Å². The summed E-state index contributed by atoms with van der Waals surface area (Å²) in [7, 11) is 1.83. The number of hydrogen-bond donors (Lipinski definition) is 0. The second kappa shape index (κ2) is 4.83. The average Bonchev–Trinajstić information content (AvgIpc) is 2.97. The predicted molar refractivity (Wildman–Crippen MR) is 66.2 cm³/mol. The Morgan fingerprint density at radius 3 is 2.84 bits per heavy atom. The third kappa shape index (κ3) is 2.35. The number of esters is 1. The van der Waals surface area contributed by atoms with Crippen LogP contribution in [0.5, 0.6) is 0 Å². The molecule has 2 aromatic heterocycles. The van der Waals surface area contributed by atoms with Crippen LogP contribution in [0.1, 0.15) is 26.7 Å². The van der Waals surface area contributed by atoms with Gasteiger partial charge in [0.15, 0.2) is 5.82 Å². The third-order valence-electron chi connectivity index (χ3n) is 2.77. The standard InChI is InChI=1S/C12H16N4O3/c1-5-18-11(17)12(2,3)10-14-8(15-19-10)9-13-6-7-16(9)4/h6-7H,5H2,1-4H3. The summed E-state index contributed by atoms with van der Waals surface area (Å²) < 4.78 is 11.9. The lowest BCUT2D eigenvalue weighted by molar-refractivity contribution is -0.149. The SMILES string of the molecule is CCOC(=O)C(C)(C)c1nc(-c2nccn2C)no1. The van der Waals surface area contributed by atoms with E-state index in [1.165, 1.54) is 0 Å². The molecule has 102 valence electrons. The van der Waals surface area contributed by atoms with Crippen molar-refractivity contribution in [1.82, 2.24) is 19.7 Å². The molecule has 2 aromatic rings. The van der Waals surface area contributed by atoms with Crippen molar-refractivity contribution < 1.29 is 14.1 Å². The quantitative estimate of drug-likeness (QED) is 0.774. The van der Waals surface area contributed by atoms with Gasteiger partial charge in [0.05, 0.1) is 6.61 Å². The number of ether oxygens (including phenoxy) is 1. The van der Waals surface area contributed by atoms with Crippen LogP contribution in [0.2, 0.25) is 0 Å². The molecule has 0 spiro atoms. The fourth-order valence-electron chi connectivity index (χ4n) is 1.55. The van der Waals surface area contributed by atoms with Crippen LogP contribution in [0.4, 0.5) is 0 Å². The molecule has 2 heterocycles. The van der Waals surface area contributed by atoms with Crippen LogP contribution >= 0.6 is 0 Å². The van der Waals surface area contributed by atoms with E-state index in [1.54, 1.807) is 37.7 Å². The average molecular weight is 264 g/mol. The number of hydrogen-bond acceptors (Lipinski definition) is 6. The van der Waals surface area contributed by atoms with Gasteiger partial charge in [-0.25, -0.2) is 4.98 Å². The van der Waals surface area contributed by atoms with E-state index in [-0.39, 0.29) is 5.89 Å². The van der Waals surface area contributed by atoms with Crippen molar-refractivity contribution in [1.29, 1.82) is 0 Å². The summed E-state index contributed by atoms with van der Waals surface area (Å²) >= 11 is 0. The number of aryl methyl sites for hydroxylation is 1. The maximum atomic E-state index is 11.9. The van der Waals surface area contributed by atoms with Crippen LogP contribution in [0.25, 0.3) is 11.6 Å². The molecule has 0 amide bonds. The molecule has 7 heteroatoms. The predicted octanol–water partition coefficient (Wildman–Crippen LogP) is 1.31. The largest absolute Gasteiger partial charge is 0.465 e. The second-order valence-electron chi connectivity index (χ2n) is 4.63. The zero-order valence-electron chi connectivity index (χ0n) is 11.4. The van der Waals surface area contributed by atoms with E-state index in [2.05, 4.69) is 15.1 Å². The van der Waals surface area contributed by atoms with Crippen LogP contribution in [0.3, 0.4) is 0 Å². The van der Waals surface area contributed by atoms with Gasteiger partial charge in [0, 0.05) is 19.4 Å². The number of carbonyl (C=O) groups is 1. The second-order valence-corrected chi connectivity index (χ2v) is 4.63. The summed E-state index contributed by atoms with van der Waals surface area (Å²) in [6.07, 6.45) is 3.42. The molecule has 0 radical (unpaired) electrons. The number of aromatic nitrogens is 4. The molecule has 0 N–H and O–H groups in total. The molecule has 0 saturated heterocycles. The van der Waals surface area contributed by atoms with Crippen molar-refractivity contribution in [3.05, 3.63) is 18.3 Å². The minimum Gasteiger partial charge on any atom is -0.465 e. The highest BCUT2D eigenvalue weighted by Gasteiger charge is 2.37. The monoisotopic (exact) mass is 264 g/mol. The normalized spacial score (nSPS) is 11.6. The summed E-state index contributed by atoms with van der Waals surface area (Å²) in [5.74, 6) is 0.739. The smallest absolute Gasteiger partial charge is 0.321 e. The van der Waals surface area contributed by atoms with Crippen LogP contribution in [0.15, 0.2) is 16.9 Å². The van der Waals surface area contributed by atoms with Crippen molar-refractivity contribution in [2.75, 3.05) is 6.61 Å². The lowest BCUT2D eigenvalue weighted by Crippen LogP contribution is -2.31. The maximum absolute atomic E-state index is 11.9. The first-order chi connectivity index (χ1) is 8.96. The van der Waals surface area contributed by atoms with Gasteiger partial charge in [-0.3, -0.25) is 4.79 Å². The number of nitrogens with zero attached hydrogens (tertiary/aromatic N) is 4. The Labute approximate surface area is 110 Å². The molecule has 0 unspecified atom stereocenters. The molecule has 0 aromatic carbocycles. The fourth-order valence-corrected chi connectivity index (χ4v) is 1.55. The summed E-state index contributed by atoms with van der Waals surface area (Å²) in [6, 6.07) is 0. The van der Waals surface area contributed by atoms with Gasteiger partial charge in [-0.15, -0.1) is 0 Å². The molecule has 0 aliphatic heterocycles. The Hall–Kier alpha value is -2.18. The lowest BCUT2D eigenvalue weighted by atomic mass is 9.94. The van der Waals surface area contributed by atoms with Crippen LogP contribution in [0, 0.1) is 0 Å². The molecule has 0 fully saturated rings. The van der Waals surface area contributed by atoms with E-state index in [0.29, 0.717) is 18.3 Å². The number of imidazole rings is 1. The van der Waals surface area contributed by atoms with Crippen LogP contribution in [-0.4, -0.2) is 32.3 Å². The molecular weight excluding hydrogens is 248 g/mol. The Morgan fingerprint density at radius 1 is 1.53 bits per heavy atom. The zero-order valence-corrected chi connectivity index (χ0v) is 11.4. The number of rotatable bonds is 4. The van der Waals surface area contributed by atoms with Crippen LogP contribution in [-0.2, 0) is 22.0 Å².